The minimum absolute atomic E-state index is 0.0443. The number of rotatable bonds is 4. The van der Waals surface area contributed by atoms with Crippen molar-refractivity contribution >= 4 is 0 Å². The Hall–Kier alpha value is -1.76. The average molecular weight is 267 g/mol. The molecule has 0 saturated heterocycles. The lowest BCUT2D eigenvalue weighted by molar-refractivity contribution is 0.423. The largest absolute Gasteiger partial charge is 0.394 e. The van der Waals surface area contributed by atoms with Gasteiger partial charge in [-0.3, -0.25) is 0 Å². The van der Waals surface area contributed by atoms with Crippen LogP contribution >= 0.6 is 0 Å². The van der Waals surface area contributed by atoms with Crippen LogP contribution in [0.25, 0.3) is 0 Å². The van der Waals surface area contributed by atoms with E-state index in [1.54, 1.807) is 0 Å². The van der Waals surface area contributed by atoms with Gasteiger partial charge in [0.1, 0.15) is 0 Å². The third-order valence-corrected chi connectivity index (χ3v) is 4.39. The van der Waals surface area contributed by atoms with E-state index >= 15 is 0 Å². The normalized spacial score (nSPS) is 24.7. The Bertz CT molecular complexity index is 563. The third kappa shape index (κ3) is 2.33. The van der Waals surface area contributed by atoms with Crippen LogP contribution in [0.5, 0.6) is 0 Å². The molecule has 1 heteroatoms. The molecule has 1 unspecified atom stereocenters. The second-order valence-corrected chi connectivity index (χ2v) is 6.42. The third-order valence-electron chi connectivity index (χ3n) is 4.39. The van der Waals surface area contributed by atoms with E-state index in [4.69, 9.17) is 0 Å². The quantitative estimate of drug-likeness (QED) is 0.794. The first-order valence-corrected chi connectivity index (χ1v) is 7.23. The van der Waals surface area contributed by atoms with Gasteiger partial charge in [0, 0.05) is 18.7 Å². The van der Waals surface area contributed by atoms with Crippen LogP contribution in [0.2, 0.25) is 0 Å². The van der Waals surface area contributed by atoms with Gasteiger partial charge in [0.25, 0.3) is 0 Å². The molecule has 1 aromatic carbocycles. The molecular formula is C19H25N. The first-order chi connectivity index (χ1) is 9.45. The highest BCUT2D eigenvalue weighted by molar-refractivity contribution is 5.52. The fourth-order valence-corrected chi connectivity index (χ4v) is 3.60. The maximum absolute atomic E-state index is 3.78. The molecule has 0 radical (unpaired) electrons. The smallest absolute Gasteiger partial charge is 0.0200 e. The Kier molecular flexibility index (Phi) is 3.89. The molecule has 0 spiro atoms. The molecule has 1 aromatic rings. The highest BCUT2D eigenvalue weighted by Gasteiger charge is 2.45. The summed E-state index contributed by atoms with van der Waals surface area (Å²) in [5.41, 5.74) is 4.47. The first-order valence-electron chi connectivity index (χ1n) is 7.23. The SMILES string of the molecule is C=C/C=C\C(=C/NC)C1(C)CC(C)(C)c2ccccc21. The van der Waals surface area contributed by atoms with Crippen molar-refractivity contribution in [1.29, 1.82) is 0 Å². The summed E-state index contributed by atoms with van der Waals surface area (Å²) in [6.45, 7) is 10.8. The molecule has 0 bridgehead atoms. The molecule has 1 aliphatic rings. The standard InChI is InChI=1S/C19H25N/c1-6-7-10-15(13-20-5)19(4)14-18(2,3)16-11-8-9-12-17(16)19/h6-13,20H,1,14H2,2-5H3/b10-7-,15-13+. The predicted octanol–water partition coefficient (Wildman–Crippen LogP) is 4.47. The summed E-state index contributed by atoms with van der Waals surface area (Å²) in [6, 6.07) is 8.84. The zero-order valence-corrected chi connectivity index (χ0v) is 13.0. The molecule has 0 heterocycles. The summed E-state index contributed by atoms with van der Waals surface area (Å²) >= 11 is 0. The zero-order valence-electron chi connectivity index (χ0n) is 13.0. The van der Waals surface area contributed by atoms with Gasteiger partial charge in [0.2, 0.25) is 0 Å². The van der Waals surface area contributed by atoms with Crippen molar-refractivity contribution in [1.82, 2.24) is 5.32 Å². The lowest BCUT2D eigenvalue weighted by atomic mass is 9.74. The average Bonchev–Trinajstić information content (AvgIpc) is 2.63. The monoisotopic (exact) mass is 267 g/mol. The predicted molar refractivity (Wildman–Crippen MR) is 87.9 cm³/mol. The fourth-order valence-electron chi connectivity index (χ4n) is 3.60. The van der Waals surface area contributed by atoms with E-state index in [2.05, 4.69) is 69.2 Å². The first kappa shape index (κ1) is 14.6. The van der Waals surface area contributed by atoms with Crippen molar-refractivity contribution in [2.75, 3.05) is 7.05 Å². The van der Waals surface area contributed by atoms with Gasteiger partial charge in [-0.25, -0.2) is 0 Å². The van der Waals surface area contributed by atoms with Crippen LogP contribution in [-0.4, -0.2) is 7.05 Å². The topological polar surface area (TPSA) is 12.0 Å². The molecule has 1 N–H and O–H groups in total. The van der Waals surface area contributed by atoms with Crippen LogP contribution in [0.15, 0.2) is 60.8 Å². The van der Waals surface area contributed by atoms with Crippen LogP contribution in [0.4, 0.5) is 0 Å². The van der Waals surface area contributed by atoms with Gasteiger partial charge < -0.3 is 5.32 Å². The Labute approximate surface area is 123 Å². The van der Waals surface area contributed by atoms with E-state index in [1.807, 2.05) is 19.2 Å². The molecule has 106 valence electrons. The summed E-state index contributed by atoms with van der Waals surface area (Å²) in [4.78, 5) is 0. The van der Waals surface area contributed by atoms with E-state index in [-0.39, 0.29) is 10.8 Å². The molecule has 0 aliphatic heterocycles. The summed E-state index contributed by atoms with van der Waals surface area (Å²) in [6.07, 6.45) is 9.25. The maximum Gasteiger partial charge on any atom is 0.0200 e. The Balaban J connectivity index is 2.58. The van der Waals surface area contributed by atoms with Gasteiger partial charge in [-0.15, -0.1) is 0 Å². The number of allylic oxidation sites excluding steroid dienone is 4. The molecule has 2 rings (SSSR count). The Morgan fingerprint density at radius 3 is 2.45 bits per heavy atom. The number of fused-ring (bicyclic) bond motifs is 1. The van der Waals surface area contributed by atoms with Gasteiger partial charge in [-0.05, 0) is 28.5 Å². The van der Waals surface area contributed by atoms with E-state index in [0.717, 1.165) is 6.42 Å². The van der Waals surface area contributed by atoms with E-state index in [1.165, 1.54) is 16.7 Å². The molecule has 0 amide bonds. The van der Waals surface area contributed by atoms with E-state index in [0.29, 0.717) is 0 Å². The van der Waals surface area contributed by atoms with Gasteiger partial charge in [-0.1, -0.05) is 69.8 Å². The van der Waals surface area contributed by atoms with Crippen molar-refractivity contribution in [2.24, 2.45) is 0 Å². The summed E-state index contributed by atoms with van der Waals surface area (Å²) in [5.74, 6) is 0. The Morgan fingerprint density at radius 2 is 1.85 bits per heavy atom. The van der Waals surface area contributed by atoms with Crippen LogP contribution < -0.4 is 5.32 Å². The van der Waals surface area contributed by atoms with Crippen molar-refractivity contribution < 1.29 is 0 Å². The Morgan fingerprint density at radius 1 is 1.20 bits per heavy atom. The molecule has 0 aromatic heterocycles. The molecule has 20 heavy (non-hydrogen) atoms. The molecule has 0 fully saturated rings. The minimum Gasteiger partial charge on any atom is -0.394 e. The maximum atomic E-state index is 3.78. The number of hydrogen-bond acceptors (Lipinski definition) is 1. The molecule has 1 nitrogen and oxygen atoms in total. The number of benzene rings is 1. The lowest BCUT2D eigenvalue weighted by Gasteiger charge is -2.29. The van der Waals surface area contributed by atoms with E-state index in [9.17, 15) is 0 Å². The van der Waals surface area contributed by atoms with Gasteiger partial charge in [-0.2, -0.15) is 0 Å². The second-order valence-electron chi connectivity index (χ2n) is 6.42. The molecular weight excluding hydrogens is 242 g/mol. The highest BCUT2D eigenvalue weighted by Crippen LogP contribution is 2.52. The summed E-state index contributed by atoms with van der Waals surface area (Å²) in [5, 5.41) is 3.19. The fraction of sp³-hybridized carbons (Fsp3) is 0.368. The number of nitrogens with one attached hydrogen (secondary N) is 1. The van der Waals surface area contributed by atoms with Crippen molar-refractivity contribution in [3.05, 3.63) is 72.0 Å². The second kappa shape index (κ2) is 5.32. The molecule has 1 aliphatic carbocycles. The van der Waals surface area contributed by atoms with Crippen molar-refractivity contribution in [3.8, 4) is 0 Å². The van der Waals surface area contributed by atoms with Crippen LogP contribution in [-0.2, 0) is 10.8 Å². The van der Waals surface area contributed by atoms with Gasteiger partial charge in [0.15, 0.2) is 0 Å². The van der Waals surface area contributed by atoms with Gasteiger partial charge in [0.05, 0.1) is 0 Å². The summed E-state index contributed by atoms with van der Waals surface area (Å²) in [7, 11) is 1.96. The molecule has 0 saturated carbocycles. The minimum atomic E-state index is 0.0443. The van der Waals surface area contributed by atoms with Crippen molar-refractivity contribution in [3.63, 3.8) is 0 Å². The highest BCUT2D eigenvalue weighted by atomic mass is 14.8. The molecule has 1 atom stereocenters. The summed E-state index contributed by atoms with van der Waals surface area (Å²) < 4.78 is 0. The van der Waals surface area contributed by atoms with Gasteiger partial charge >= 0.3 is 0 Å². The van der Waals surface area contributed by atoms with Crippen LogP contribution in [0.1, 0.15) is 38.3 Å². The number of hydrogen-bond donors (Lipinski definition) is 1. The zero-order chi connectivity index (χ0) is 14.8. The van der Waals surface area contributed by atoms with E-state index < -0.39 is 0 Å². The van der Waals surface area contributed by atoms with Crippen LogP contribution in [0, 0.1) is 0 Å². The van der Waals surface area contributed by atoms with Crippen LogP contribution in [0.3, 0.4) is 0 Å². The van der Waals surface area contributed by atoms with Crippen molar-refractivity contribution in [2.45, 2.75) is 38.0 Å². The lowest BCUT2D eigenvalue weighted by Crippen LogP contribution is -2.25.